The molecule has 0 saturated carbocycles. The third kappa shape index (κ3) is 4.02. The number of nitro benzene ring substituents is 1. The lowest BCUT2D eigenvalue weighted by molar-refractivity contribution is -0.384. The van der Waals surface area contributed by atoms with Crippen molar-refractivity contribution in [2.75, 3.05) is 38.3 Å². The van der Waals surface area contributed by atoms with Gasteiger partial charge in [0, 0.05) is 32.3 Å². The van der Waals surface area contributed by atoms with Gasteiger partial charge in [-0.15, -0.1) is 0 Å². The number of rotatable bonds is 7. The zero-order chi connectivity index (χ0) is 14.4. The zero-order valence-electron chi connectivity index (χ0n) is 10.3. The summed E-state index contributed by atoms with van der Waals surface area (Å²) in [4.78, 5) is 11.8. The van der Waals surface area contributed by atoms with Gasteiger partial charge in [-0.05, 0) is 0 Å². The van der Waals surface area contributed by atoms with E-state index in [0.29, 0.717) is 13.2 Å². The Hall–Kier alpha value is -1.44. The Labute approximate surface area is 114 Å². The summed E-state index contributed by atoms with van der Waals surface area (Å²) in [6, 6.07) is 1.95. The molecular formula is C11H14ClFN2O4. The van der Waals surface area contributed by atoms with Crippen LogP contribution in [0.2, 0.25) is 5.02 Å². The average Bonchev–Trinajstić information content (AvgIpc) is 2.37. The van der Waals surface area contributed by atoms with Gasteiger partial charge in [0.05, 0.1) is 23.2 Å². The van der Waals surface area contributed by atoms with Gasteiger partial charge in [0.2, 0.25) is 0 Å². The summed E-state index contributed by atoms with van der Waals surface area (Å²) in [5.74, 6) is -0.748. The molecule has 8 heteroatoms. The van der Waals surface area contributed by atoms with Gasteiger partial charge >= 0.3 is 0 Å². The van der Waals surface area contributed by atoms with E-state index in [0.717, 1.165) is 12.1 Å². The molecule has 0 unspecified atom stereocenters. The molecule has 0 aromatic heterocycles. The van der Waals surface area contributed by atoms with E-state index in [4.69, 9.17) is 21.4 Å². The largest absolute Gasteiger partial charge is 0.395 e. The van der Waals surface area contributed by atoms with Crippen LogP contribution in [0, 0.1) is 15.9 Å². The lowest BCUT2D eigenvalue weighted by Gasteiger charge is -2.23. The molecule has 0 bridgehead atoms. The van der Waals surface area contributed by atoms with E-state index < -0.39 is 10.7 Å². The number of methoxy groups -OCH3 is 1. The lowest BCUT2D eigenvalue weighted by Crippen LogP contribution is -2.30. The maximum Gasteiger partial charge on any atom is 0.294 e. The van der Waals surface area contributed by atoms with Crippen LogP contribution in [0.15, 0.2) is 12.1 Å². The molecule has 0 amide bonds. The van der Waals surface area contributed by atoms with E-state index in [1.165, 1.54) is 12.0 Å². The number of hydrogen-bond acceptors (Lipinski definition) is 5. The number of anilines is 1. The van der Waals surface area contributed by atoms with Gasteiger partial charge in [-0.3, -0.25) is 10.1 Å². The highest BCUT2D eigenvalue weighted by Gasteiger charge is 2.22. The smallest absolute Gasteiger partial charge is 0.294 e. The minimum Gasteiger partial charge on any atom is -0.395 e. The first-order valence-corrected chi connectivity index (χ1v) is 5.87. The average molecular weight is 293 g/mol. The summed E-state index contributed by atoms with van der Waals surface area (Å²) >= 11 is 5.54. The normalized spacial score (nSPS) is 10.5. The van der Waals surface area contributed by atoms with Crippen molar-refractivity contribution in [3.05, 3.63) is 33.1 Å². The van der Waals surface area contributed by atoms with Crippen LogP contribution in [0.5, 0.6) is 0 Å². The van der Waals surface area contributed by atoms with Crippen molar-refractivity contribution < 1.29 is 19.2 Å². The van der Waals surface area contributed by atoms with E-state index in [9.17, 15) is 14.5 Å². The molecule has 0 heterocycles. The van der Waals surface area contributed by atoms with E-state index in [2.05, 4.69) is 0 Å². The summed E-state index contributed by atoms with van der Waals surface area (Å²) in [6.45, 7) is 0.497. The Kier molecular flexibility index (Phi) is 5.94. The van der Waals surface area contributed by atoms with Gasteiger partial charge in [-0.25, -0.2) is 4.39 Å². The molecule has 0 atom stereocenters. The molecule has 0 saturated heterocycles. The minimum atomic E-state index is -0.748. The van der Waals surface area contributed by atoms with E-state index in [1.807, 2.05) is 0 Å². The lowest BCUT2D eigenvalue weighted by atomic mass is 10.2. The standard InChI is InChI=1S/C11H14ClFN2O4/c1-19-5-3-14(2-4-16)10-7-9(13)8(12)6-11(10)15(17)18/h6-7,16H,2-5H2,1H3. The molecule has 1 N–H and O–H groups in total. The third-order valence-electron chi connectivity index (χ3n) is 2.49. The van der Waals surface area contributed by atoms with Crippen molar-refractivity contribution in [1.82, 2.24) is 0 Å². The fraction of sp³-hybridized carbons (Fsp3) is 0.455. The highest BCUT2D eigenvalue weighted by Crippen LogP contribution is 2.33. The van der Waals surface area contributed by atoms with Crippen molar-refractivity contribution in [1.29, 1.82) is 0 Å². The van der Waals surface area contributed by atoms with Gasteiger partial charge in [0.15, 0.2) is 0 Å². The van der Waals surface area contributed by atoms with E-state index in [1.54, 1.807) is 0 Å². The van der Waals surface area contributed by atoms with Crippen LogP contribution in [0.1, 0.15) is 0 Å². The second kappa shape index (κ2) is 7.22. The van der Waals surface area contributed by atoms with Crippen LogP contribution in [-0.2, 0) is 4.74 Å². The maximum atomic E-state index is 13.5. The number of aliphatic hydroxyl groups is 1. The minimum absolute atomic E-state index is 0.0676. The number of nitro groups is 1. The third-order valence-corrected chi connectivity index (χ3v) is 2.78. The van der Waals surface area contributed by atoms with Gasteiger partial charge in [-0.2, -0.15) is 0 Å². The van der Waals surface area contributed by atoms with Crippen LogP contribution in [0.25, 0.3) is 0 Å². The Bertz CT molecular complexity index is 459. The zero-order valence-corrected chi connectivity index (χ0v) is 11.1. The van der Waals surface area contributed by atoms with Crippen LogP contribution >= 0.6 is 11.6 Å². The molecule has 0 spiro atoms. The molecule has 1 aromatic carbocycles. The van der Waals surface area contributed by atoms with Gasteiger partial charge < -0.3 is 14.7 Å². The number of benzene rings is 1. The predicted octanol–water partition coefficient (Wildman–Crippen LogP) is 1.83. The van der Waals surface area contributed by atoms with Crippen LogP contribution in [-0.4, -0.2) is 43.4 Å². The summed E-state index contributed by atoms with van der Waals surface area (Å²) in [7, 11) is 1.48. The second-order valence-electron chi connectivity index (χ2n) is 3.72. The number of aliphatic hydroxyl groups excluding tert-OH is 1. The first-order valence-electron chi connectivity index (χ1n) is 5.49. The van der Waals surface area contributed by atoms with Crippen LogP contribution in [0.4, 0.5) is 15.8 Å². The van der Waals surface area contributed by atoms with Crippen molar-refractivity contribution in [3.63, 3.8) is 0 Å². The Balaban J connectivity index is 3.19. The molecule has 19 heavy (non-hydrogen) atoms. The van der Waals surface area contributed by atoms with Crippen molar-refractivity contribution in [2.45, 2.75) is 0 Å². The molecule has 1 rings (SSSR count). The molecule has 0 aliphatic heterocycles. The van der Waals surface area contributed by atoms with Gasteiger partial charge in [0.1, 0.15) is 11.5 Å². The number of halogens is 2. The molecule has 0 aliphatic carbocycles. The fourth-order valence-electron chi connectivity index (χ4n) is 1.60. The monoisotopic (exact) mass is 292 g/mol. The first-order chi connectivity index (χ1) is 9.01. The van der Waals surface area contributed by atoms with Gasteiger partial charge in [0.25, 0.3) is 5.69 Å². The quantitative estimate of drug-likeness (QED) is 0.613. The Morgan fingerprint density at radius 2 is 2.21 bits per heavy atom. The van der Waals surface area contributed by atoms with Gasteiger partial charge in [-0.1, -0.05) is 11.6 Å². The highest BCUT2D eigenvalue weighted by atomic mass is 35.5. The summed E-state index contributed by atoms with van der Waals surface area (Å²) < 4.78 is 18.4. The summed E-state index contributed by atoms with van der Waals surface area (Å²) in [6.07, 6.45) is 0. The summed E-state index contributed by atoms with van der Waals surface area (Å²) in [5, 5.41) is 19.6. The van der Waals surface area contributed by atoms with Crippen molar-refractivity contribution >= 4 is 23.0 Å². The maximum absolute atomic E-state index is 13.5. The SMILES string of the molecule is COCCN(CCO)c1cc(F)c(Cl)cc1[N+](=O)[O-]. The van der Waals surface area contributed by atoms with Crippen molar-refractivity contribution in [2.24, 2.45) is 0 Å². The number of hydrogen-bond donors (Lipinski definition) is 1. The summed E-state index contributed by atoms with van der Waals surface area (Å²) in [5.41, 5.74) is -0.242. The number of nitrogens with zero attached hydrogens (tertiary/aromatic N) is 2. The fourth-order valence-corrected chi connectivity index (χ4v) is 1.76. The molecular weight excluding hydrogens is 279 g/mol. The number of ether oxygens (including phenoxy) is 1. The molecule has 0 fully saturated rings. The molecule has 6 nitrogen and oxygen atoms in total. The first kappa shape index (κ1) is 15.6. The molecule has 106 valence electrons. The molecule has 0 radical (unpaired) electrons. The second-order valence-corrected chi connectivity index (χ2v) is 4.12. The van der Waals surface area contributed by atoms with E-state index in [-0.39, 0.29) is 29.5 Å². The molecule has 1 aromatic rings. The van der Waals surface area contributed by atoms with Crippen LogP contribution < -0.4 is 4.90 Å². The Morgan fingerprint density at radius 3 is 2.74 bits per heavy atom. The molecule has 0 aliphatic rings. The van der Waals surface area contributed by atoms with Crippen molar-refractivity contribution in [3.8, 4) is 0 Å². The Morgan fingerprint density at radius 1 is 1.53 bits per heavy atom. The van der Waals surface area contributed by atoms with E-state index >= 15 is 0 Å². The van der Waals surface area contributed by atoms with Crippen LogP contribution in [0.3, 0.4) is 0 Å². The highest BCUT2D eigenvalue weighted by molar-refractivity contribution is 6.31. The topological polar surface area (TPSA) is 75.8 Å². The predicted molar refractivity (Wildman–Crippen MR) is 69.2 cm³/mol.